The number of hydrogen-bond acceptors (Lipinski definition) is 5. The summed E-state index contributed by atoms with van der Waals surface area (Å²) in [7, 11) is 0. The van der Waals surface area contributed by atoms with E-state index < -0.39 is 11.7 Å². The van der Waals surface area contributed by atoms with Crippen LogP contribution in [0.4, 0.5) is 23.8 Å². The van der Waals surface area contributed by atoms with Gasteiger partial charge in [-0.2, -0.15) is 18.3 Å². The Balaban J connectivity index is 1.39. The Morgan fingerprint density at radius 1 is 1.21 bits per heavy atom. The maximum atomic E-state index is 12.7. The molecule has 0 radical (unpaired) electrons. The number of nitrogens with one attached hydrogen (secondary N) is 1. The van der Waals surface area contributed by atoms with Gasteiger partial charge in [-0.3, -0.25) is 5.32 Å². The molecule has 1 fully saturated rings. The van der Waals surface area contributed by atoms with Crippen LogP contribution in [0.5, 0.6) is 11.6 Å². The predicted octanol–water partition coefficient (Wildman–Crippen LogP) is 5.64. The van der Waals surface area contributed by atoms with Crippen molar-refractivity contribution in [3.05, 3.63) is 77.6 Å². The number of ether oxygens (including phenoxy) is 1. The quantitative estimate of drug-likeness (QED) is 0.535. The number of piperidine rings is 1. The Hall–Kier alpha value is -3.95. The summed E-state index contributed by atoms with van der Waals surface area (Å²) in [6.45, 7) is 3.18. The highest BCUT2D eigenvalue weighted by Gasteiger charge is 2.30. The third-order valence-electron chi connectivity index (χ3n) is 5.39. The molecule has 1 aromatic carbocycles. The molecule has 10 heteroatoms. The Bertz CT molecular complexity index is 1170. The van der Waals surface area contributed by atoms with Gasteiger partial charge in [0.05, 0.1) is 5.56 Å². The zero-order valence-corrected chi connectivity index (χ0v) is 18.3. The van der Waals surface area contributed by atoms with E-state index in [1.54, 1.807) is 35.2 Å². The molecule has 1 saturated heterocycles. The molecule has 1 unspecified atom stereocenters. The average Bonchev–Trinajstić information content (AvgIpc) is 2.81. The molecule has 0 bridgehead atoms. The van der Waals surface area contributed by atoms with Gasteiger partial charge >= 0.3 is 12.2 Å². The van der Waals surface area contributed by atoms with E-state index in [4.69, 9.17) is 4.74 Å². The minimum absolute atomic E-state index is 0.0774. The van der Waals surface area contributed by atoms with Crippen molar-refractivity contribution < 1.29 is 22.7 Å². The van der Waals surface area contributed by atoms with Crippen molar-refractivity contribution in [1.82, 2.24) is 20.1 Å². The number of carbonyl (C=O) groups excluding carboxylic acids is 1. The van der Waals surface area contributed by atoms with Gasteiger partial charge in [-0.1, -0.05) is 30.7 Å². The molecule has 3 heterocycles. The highest BCUT2D eigenvalue weighted by Crippen LogP contribution is 2.31. The molecule has 4 rings (SSSR count). The van der Waals surface area contributed by atoms with Gasteiger partial charge in [0.15, 0.2) is 5.82 Å². The van der Waals surface area contributed by atoms with Gasteiger partial charge in [0.1, 0.15) is 5.75 Å². The fourth-order valence-electron chi connectivity index (χ4n) is 3.62. The van der Waals surface area contributed by atoms with Gasteiger partial charge in [0.2, 0.25) is 5.88 Å². The summed E-state index contributed by atoms with van der Waals surface area (Å²) in [5, 5.41) is 10.4. The summed E-state index contributed by atoms with van der Waals surface area (Å²) in [6, 6.07) is 12.5. The number of benzene rings is 1. The summed E-state index contributed by atoms with van der Waals surface area (Å²) in [5.74, 6) is 1.09. The molecule has 176 valence electrons. The lowest BCUT2D eigenvalue weighted by Gasteiger charge is -2.33. The lowest BCUT2D eigenvalue weighted by Crippen LogP contribution is -2.42. The largest absolute Gasteiger partial charge is 0.439 e. The third kappa shape index (κ3) is 5.89. The second-order valence-electron chi connectivity index (χ2n) is 7.91. The van der Waals surface area contributed by atoms with E-state index in [-0.39, 0.29) is 17.8 Å². The SMILES string of the molecule is CC1CN(C(=O)Nc2cccnn2)CCC1=Cc1cccc(Oc2ccc(C(F)(F)F)cn2)c1. The maximum Gasteiger partial charge on any atom is 0.417 e. The molecule has 3 aromatic rings. The molecule has 34 heavy (non-hydrogen) atoms. The van der Waals surface area contributed by atoms with Crippen molar-refractivity contribution in [3.63, 3.8) is 0 Å². The van der Waals surface area contributed by atoms with Crippen molar-refractivity contribution >= 4 is 17.9 Å². The number of hydrogen-bond donors (Lipinski definition) is 1. The summed E-state index contributed by atoms with van der Waals surface area (Å²) in [6.07, 6.45) is 0.601. The average molecular weight is 469 g/mol. The van der Waals surface area contributed by atoms with Gasteiger partial charge in [0.25, 0.3) is 0 Å². The second-order valence-corrected chi connectivity index (χ2v) is 7.91. The van der Waals surface area contributed by atoms with Crippen LogP contribution in [-0.2, 0) is 6.18 Å². The molecule has 1 aliphatic heterocycles. The number of carbonyl (C=O) groups is 1. The zero-order chi connectivity index (χ0) is 24.1. The standard InChI is InChI=1S/C24H22F3N5O2/c1-16-15-32(23(33)30-21-6-3-10-29-31-21)11-9-18(16)12-17-4-2-5-20(13-17)34-22-8-7-19(14-28-22)24(25,26)27/h2-8,10,12-14,16H,9,11,15H2,1H3,(H,30,31,33). The molecular weight excluding hydrogens is 447 g/mol. The van der Waals surface area contributed by atoms with Crippen LogP contribution in [0.2, 0.25) is 0 Å². The molecule has 7 nitrogen and oxygen atoms in total. The molecule has 0 saturated carbocycles. The lowest BCUT2D eigenvalue weighted by atomic mass is 9.91. The first kappa shape index (κ1) is 23.2. The van der Waals surface area contributed by atoms with E-state index in [2.05, 4.69) is 33.5 Å². The fourth-order valence-corrected chi connectivity index (χ4v) is 3.62. The van der Waals surface area contributed by atoms with E-state index in [1.807, 2.05) is 6.07 Å². The molecule has 1 N–H and O–H groups in total. The zero-order valence-electron chi connectivity index (χ0n) is 18.3. The second kappa shape index (κ2) is 9.90. The third-order valence-corrected chi connectivity index (χ3v) is 5.39. The number of anilines is 1. The fraction of sp³-hybridized carbons (Fsp3) is 0.250. The van der Waals surface area contributed by atoms with Crippen molar-refractivity contribution in [2.75, 3.05) is 18.4 Å². The van der Waals surface area contributed by atoms with Crippen LogP contribution < -0.4 is 10.1 Å². The normalized spacial score (nSPS) is 17.5. The van der Waals surface area contributed by atoms with E-state index >= 15 is 0 Å². The van der Waals surface area contributed by atoms with Gasteiger partial charge in [0, 0.05) is 31.5 Å². The first-order chi connectivity index (χ1) is 16.3. The van der Waals surface area contributed by atoms with Crippen LogP contribution in [0.3, 0.4) is 0 Å². The topological polar surface area (TPSA) is 80.2 Å². The smallest absolute Gasteiger partial charge is 0.417 e. The van der Waals surface area contributed by atoms with Crippen LogP contribution in [0.25, 0.3) is 6.08 Å². The number of likely N-dealkylation sites (tertiary alicyclic amines) is 1. The number of halogens is 3. The lowest BCUT2D eigenvalue weighted by molar-refractivity contribution is -0.137. The Morgan fingerprint density at radius 2 is 2.06 bits per heavy atom. The number of alkyl halides is 3. The molecule has 0 aliphatic carbocycles. The molecule has 1 aliphatic rings. The number of aromatic nitrogens is 3. The van der Waals surface area contributed by atoms with Gasteiger partial charge in [-0.15, -0.1) is 5.10 Å². The van der Waals surface area contributed by atoms with E-state index in [9.17, 15) is 18.0 Å². The van der Waals surface area contributed by atoms with Crippen LogP contribution in [0.15, 0.2) is 66.5 Å². The van der Waals surface area contributed by atoms with E-state index in [1.165, 1.54) is 17.8 Å². The predicted molar refractivity (Wildman–Crippen MR) is 120 cm³/mol. The number of rotatable bonds is 4. The van der Waals surface area contributed by atoms with Crippen molar-refractivity contribution in [2.45, 2.75) is 19.5 Å². The van der Waals surface area contributed by atoms with Gasteiger partial charge in [-0.25, -0.2) is 9.78 Å². The number of urea groups is 1. The summed E-state index contributed by atoms with van der Waals surface area (Å²) in [4.78, 5) is 18.0. The first-order valence-electron chi connectivity index (χ1n) is 10.6. The monoisotopic (exact) mass is 469 g/mol. The summed E-state index contributed by atoms with van der Waals surface area (Å²) < 4.78 is 43.7. The minimum Gasteiger partial charge on any atom is -0.439 e. The van der Waals surface area contributed by atoms with Crippen LogP contribution in [-0.4, -0.2) is 39.2 Å². The highest BCUT2D eigenvalue weighted by molar-refractivity contribution is 5.88. The van der Waals surface area contributed by atoms with Crippen molar-refractivity contribution in [1.29, 1.82) is 0 Å². The number of amides is 2. The van der Waals surface area contributed by atoms with Crippen LogP contribution >= 0.6 is 0 Å². The Labute approximate surface area is 194 Å². The molecule has 0 spiro atoms. The molecule has 2 amide bonds. The summed E-state index contributed by atoms with van der Waals surface area (Å²) in [5.41, 5.74) is 1.25. The van der Waals surface area contributed by atoms with E-state index in [0.717, 1.165) is 17.8 Å². The van der Waals surface area contributed by atoms with Crippen molar-refractivity contribution in [2.24, 2.45) is 5.92 Å². The Kier molecular flexibility index (Phi) is 6.76. The highest BCUT2D eigenvalue weighted by atomic mass is 19.4. The number of pyridine rings is 1. The van der Waals surface area contributed by atoms with Gasteiger partial charge in [-0.05, 0) is 48.2 Å². The maximum absolute atomic E-state index is 12.7. The van der Waals surface area contributed by atoms with Crippen LogP contribution in [0, 0.1) is 5.92 Å². The van der Waals surface area contributed by atoms with Crippen LogP contribution in [0.1, 0.15) is 24.5 Å². The first-order valence-corrected chi connectivity index (χ1v) is 10.6. The number of nitrogens with zero attached hydrogens (tertiary/aromatic N) is 4. The molecule has 2 aromatic heterocycles. The summed E-state index contributed by atoms with van der Waals surface area (Å²) >= 11 is 0. The van der Waals surface area contributed by atoms with Gasteiger partial charge < -0.3 is 9.64 Å². The molecular formula is C24H22F3N5O2. The van der Waals surface area contributed by atoms with Crippen molar-refractivity contribution in [3.8, 4) is 11.6 Å². The molecule has 1 atom stereocenters. The Morgan fingerprint density at radius 3 is 2.74 bits per heavy atom. The van der Waals surface area contributed by atoms with E-state index in [0.29, 0.717) is 31.1 Å². The minimum atomic E-state index is -4.44.